The van der Waals surface area contributed by atoms with Crippen molar-refractivity contribution < 1.29 is 19.4 Å². The van der Waals surface area contributed by atoms with Gasteiger partial charge in [0, 0.05) is 37.0 Å². The zero-order valence-electron chi connectivity index (χ0n) is 13.9. The van der Waals surface area contributed by atoms with Gasteiger partial charge in [-0.3, -0.25) is 9.69 Å². The lowest BCUT2D eigenvalue weighted by molar-refractivity contribution is -0.0129. The van der Waals surface area contributed by atoms with Crippen LogP contribution in [0.3, 0.4) is 0 Å². The van der Waals surface area contributed by atoms with E-state index in [0.29, 0.717) is 12.3 Å². The molecule has 2 fully saturated rings. The van der Waals surface area contributed by atoms with Crippen molar-refractivity contribution in [2.45, 2.75) is 12.0 Å². The van der Waals surface area contributed by atoms with Gasteiger partial charge in [-0.2, -0.15) is 11.8 Å². The van der Waals surface area contributed by atoms with Crippen molar-refractivity contribution in [3.63, 3.8) is 0 Å². The monoisotopic (exact) mass is 352 g/mol. The third-order valence-corrected chi connectivity index (χ3v) is 6.03. The highest BCUT2D eigenvalue weighted by molar-refractivity contribution is 7.99. The maximum Gasteiger partial charge on any atom is 0.255 e. The first-order valence-corrected chi connectivity index (χ1v) is 9.36. The number of morpholine rings is 1. The van der Waals surface area contributed by atoms with Crippen LogP contribution in [-0.2, 0) is 4.74 Å². The molecule has 1 amide bonds. The number of ether oxygens (including phenoxy) is 2. The molecule has 3 rings (SSSR count). The molecule has 0 spiro atoms. The smallest absolute Gasteiger partial charge is 0.255 e. The van der Waals surface area contributed by atoms with Gasteiger partial charge in [0.05, 0.1) is 25.9 Å². The molecular formula is C17H24N2O4S. The summed E-state index contributed by atoms with van der Waals surface area (Å²) >= 11 is 1.93. The van der Waals surface area contributed by atoms with Crippen molar-refractivity contribution in [1.82, 2.24) is 10.2 Å². The molecule has 1 aromatic carbocycles. The number of thioether (sulfide) groups is 1. The molecule has 2 saturated heterocycles. The third kappa shape index (κ3) is 3.63. The van der Waals surface area contributed by atoms with Crippen LogP contribution in [0.4, 0.5) is 0 Å². The maximum absolute atomic E-state index is 12.5. The van der Waals surface area contributed by atoms with Gasteiger partial charge >= 0.3 is 0 Å². The van der Waals surface area contributed by atoms with Crippen molar-refractivity contribution in [1.29, 1.82) is 0 Å². The van der Waals surface area contributed by atoms with E-state index in [1.54, 1.807) is 12.1 Å². The molecule has 0 aliphatic carbocycles. The third-order valence-electron chi connectivity index (χ3n) is 4.79. The van der Waals surface area contributed by atoms with Crippen LogP contribution in [0.5, 0.6) is 11.5 Å². The van der Waals surface area contributed by atoms with Gasteiger partial charge in [0.2, 0.25) is 0 Å². The molecule has 7 heteroatoms. The van der Waals surface area contributed by atoms with E-state index in [4.69, 9.17) is 9.47 Å². The molecule has 132 valence electrons. The van der Waals surface area contributed by atoms with E-state index in [1.807, 2.05) is 11.8 Å². The molecule has 6 nitrogen and oxygen atoms in total. The highest BCUT2D eigenvalue weighted by atomic mass is 32.2. The number of nitrogens with zero attached hydrogens (tertiary/aromatic N) is 1. The SMILES string of the molecule is COc1ccc(C(=O)NCC2(N3CCOCC3)CCSC2)c(O)c1. The lowest BCUT2D eigenvalue weighted by atomic mass is 9.95. The summed E-state index contributed by atoms with van der Waals surface area (Å²) in [5.41, 5.74) is 0.269. The predicted octanol–water partition coefficient (Wildman–Crippen LogP) is 1.34. The van der Waals surface area contributed by atoms with E-state index < -0.39 is 0 Å². The average molecular weight is 352 g/mol. The number of phenols is 1. The molecule has 2 N–H and O–H groups in total. The first-order chi connectivity index (χ1) is 11.6. The van der Waals surface area contributed by atoms with Gasteiger partial charge in [-0.15, -0.1) is 0 Å². The van der Waals surface area contributed by atoms with E-state index >= 15 is 0 Å². The fourth-order valence-electron chi connectivity index (χ4n) is 3.31. The van der Waals surface area contributed by atoms with Gasteiger partial charge in [0.25, 0.3) is 5.91 Å². The summed E-state index contributed by atoms with van der Waals surface area (Å²) in [5.74, 6) is 2.34. The minimum absolute atomic E-state index is 0.00774. The van der Waals surface area contributed by atoms with Crippen LogP contribution in [0, 0.1) is 0 Å². The summed E-state index contributed by atoms with van der Waals surface area (Å²) in [4.78, 5) is 14.9. The van der Waals surface area contributed by atoms with Gasteiger partial charge in [0.15, 0.2) is 0 Å². The number of amides is 1. The van der Waals surface area contributed by atoms with E-state index in [2.05, 4.69) is 10.2 Å². The summed E-state index contributed by atoms with van der Waals surface area (Å²) in [6.45, 7) is 3.90. The Morgan fingerprint density at radius 3 is 2.88 bits per heavy atom. The van der Waals surface area contributed by atoms with Crippen LogP contribution in [0.1, 0.15) is 16.8 Å². The molecule has 0 bridgehead atoms. The average Bonchev–Trinajstić information content (AvgIpc) is 3.10. The van der Waals surface area contributed by atoms with Gasteiger partial charge in [-0.1, -0.05) is 0 Å². The molecule has 0 aromatic heterocycles. The molecule has 2 aliphatic rings. The summed E-state index contributed by atoms with van der Waals surface area (Å²) < 4.78 is 10.5. The zero-order valence-corrected chi connectivity index (χ0v) is 14.7. The van der Waals surface area contributed by atoms with Crippen LogP contribution in [0.25, 0.3) is 0 Å². The molecule has 2 heterocycles. The van der Waals surface area contributed by atoms with Gasteiger partial charge < -0.3 is 19.9 Å². The lowest BCUT2D eigenvalue weighted by Crippen LogP contribution is -2.59. The number of phenolic OH excluding ortho intramolecular Hbond substituents is 1. The van der Waals surface area contributed by atoms with Crippen molar-refractivity contribution in [2.75, 3.05) is 51.5 Å². The van der Waals surface area contributed by atoms with Crippen molar-refractivity contribution in [3.05, 3.63) is 23.8 Å². The van der Waals surface area contributed by atoms with Crippen LogP contribution < -0.4 is 10.1 Å². The normalized spacial score (nSPS) is 24.7. The number of carbonyl (C=O) groups excluding carboxylic acids is 1. The second-order valence-electron chi connectivity index (χ2n) is 6.19. The van der Waals surface area contributed by atoms with Crippen LogP contribution >= 0.6 is 11.8 Å². The fraction of sp³-hybridized carbons (Fsp3) is 0.588. The number of aromatic hydroxyl groups is 1. The van der Waals surface area contributed by atoms with E-state index in [9.17, 15) is 9.90 Å². The van der Waals surface area contributed by atoms with Gasteiger partial charge in [-0.05, 0) is 24.3 Å². The summed E-state index contributed by atoms with van der Waals surface area (Å²) in [5, 5.41) is 13.0. The minimum Gasteiger partial charge on any atom is -0.507 e. The Morgan fingerprint density at radius 2 is 2.25 bits per heavy atom. The van der Waals surface area contributed by atoms with Gasteiger partial charge in [-0.25, -0.2) is 0 Å². The second kappa shape index (κ2) is 7.63. The van der Waals surface area contributed by atoms with E-state index in [-0.39, 0.29) is 22.8 Å². The number of rotatable bonds is 5. The minimum atomic E-state index is -0.250. The number of carbonyl (C=O) groups is 1. The van der Waals surface area contributed by atoms with Crippen LogP contribution in [0.15, 0.2) is 18.2 Å². The van der Waals surface area contributed by atoms with Crippen molar-refractivity contribution in [2.24, 2.45) is 0 Å². The van der Waals surface area contributed by atoms with Crippen molar-refractivity contribution >= 4 is 17.7 Å². The Labute approximate surface area is 146 Å². The Balaban J connectivity index is 1.67. The zero-order chi connectivity index (χ0) is 17.0. The number of benzene rings is 1. The fourth-order valence-corrected chi connectivity index (χ4v) is 4.78. The standard InChI is InChI=1S/C17H24N2O4S/c1-22-13-2-3-14(15(20)10-13)16(21)18-11-17(4-9-24-12-17)19-5-7-23-8-6-19/h2-3,10,20H,4-9,11-12H2,1H3,(H,18,21). The summed E-state index contributed by atoms with van der Waals surface area (Å²) in [7, 11) is 1.53. The first kappa shape index (κ1) is 17.4. The molecule has 24 heavy (non-hydrogen) atoms. The summed E-state index contributed by atoms with van der Waals surface area (Å²) in [6.07, 6.45) is 1.06. The predicted molar refractivity (Wildman–Crippen MR) is 94.1 cm³/mol. The molecule has 2 aliphatic heterocycles. The number of hydrogen-bond donors (Lipinski definition) is 2. The second-order valence-corrected chi connectivity index (χ2v) is 7.30. The van der Waals surface area contributed by atoms with E-state index in [0.717, 1.165) is 44.2 Å². The lowest BCUT2D eigenvalue weighted by Gasteiger charge is -2.43. The largest absolute Gasteiger partial charge is 0.507 e. The molecule has 0 saturated carbocycles. The van der Waals surface area contributed by atoms with Gasteiger partial charge in [0.1, 0.15) is 11.5 Å². The quantitative estimate of drug-likeness (QED) is 0.833. The topological polar surface area (TPSA) is 71.0 Å². The summed E-state index contributed by atoms with van der Waals surface area (Å²) in [6, 6.07) is 4.73. The highest BCUT2D eigenvalue weighted by Crippen LogP contribution is 2.34. The Morgan fingerprint density at radius 1 is 1.46 bits per heavy atom. The molecule has 1 atom stereocenters. The van der Waals surface area contributed by atoms with Crippen molar-refractivity contribution in [3.8, 4) is 11.5 Å². The van der Waals surface area contributed by atoms with Crippen LogP contribution in [-0.4, -0.2) is 72.9 Å². The van der Waals surface area contributed by atoms with Crippen LogP contribution in [0.2, 0.25) is 0 Å². The number of hydrogen-bond acceptors (Lipinski definition) is 6. The molecular weight excluding hydrogens is 328 g/mol. The highest BCUT2D eigenvalue weighted by Gasteiger charge is 2.41. The molecule has 1 unspecified atom stereocenters. The first-order valence-electron chi connectivity index (χ1n) is 8.20. The number of nitrogens with one attached hydrogen (secondary N) is 1. The Kier molecular flexibility index (Phi) is 5.53. The maximum atomic E-state index is 12.5. The number of methoxy groups -OCH3 is 1. The molecule has 1 aromatic rings. The Hall–Kier alpha value is -1.44. The molecule has 0 radical (unpaired) electrons. The van der Waals surface area contributed by atoms with E-state index in [1.165, 1.54) is 13.2 Å². The Bertz CT molecular complexity index is 584.